The van der Waals surface area contributed by atoms with Crippen LogP contribution in [0.5, 0.6) is 0 Å². The standard InChI is InChI=1S/C13H16ClNO3S/c1-9(15-13(16)8-10-2-3-10)11-4-6-12(7-5-11)19(14,17)18/h4-7,9-10H,2-3,8H2,1H3,(H,15,16). The molecule has 2 rings (SSSR count). The second kappa shape index (κ2) is 5.51. The molecule has 104 valence electrons. The van der Waals surface area contributed by atoms with E-state index < -0.39 is 9.05 Å². The van der Waals surface area contributed by atoms with Gasteiger partial charge in [-0.3, -0.25) is 4.79 Å². The lowest BCUT2D eigenvalue weighted by molar-refractivity contribution is -0.122. The Morgan fingerprint density at radius 1 is 1.37 bits per heavy atom. The highest BCUT2D eigenvalue weighted by molar-refractivity contribution is 8.13. The monoisotopic (exact) mass is 301 g/mol. The topological polar surface area (TPSA) is 63.2 Å². The summed E-state index contributed by atoms with van der Waals surface area (Å²) in [6.45, 7) is 1.87. The summed E-state index contributed by atoms with van der Waals surface area (Å²) >= 11 is 0. The van der Waals surface area contributed by atoms with Crippen LogP contribution in [0, 0.1) is 5.92 Å². The fourth-order valence-corrected chi connectivity index (χ4v) is 2.66. The molecule has 0 bridgehead atoms. The molecule has 1 aliphatic rings. The van der Waals surface area contributed by atoms with Crippen LogP contribution in [0.1, 0.15) is 37.8 Å². The first-order chi connectivity index (χ1) is 8.86. The Labute approximate surface area is 117 Å². The fraction of sp³-hybridized carbons (Fsp3) is 0.462. The van der Waals surface area contributed by atoms with Gasteiger partial charge in [0.2, 0.25) is 5.91 Å². The maximum atomic E-state index is 11.7. The molecule has 1 saturated carbocycles. The van der Waals surface area contributed by atoms with Crippen LogP contribution in [-0.2, 0) is 13.8 Å². The van der Waals surface area contributed by atoms with E-state index in [1.807, 2.05) is 6.92 Å². The van der Waals surface area contributed by atoms with Gasteiger partial charge in [-0.15, -0.1) is 0 Å². The van der Waals surface area contributed by atoms with Crippen LogP contribution >= 0.6 is 10.7 Å². The molecule has 1 N–H and O–H groups in total. The minimum Gasteiger partial charge on any atom is -0.350 e. The first-order valence-corrected chi connectivity index (χ1v) is 8.51. The maximum Gasteiger partial charge on any atom is 0.261 e. The van der Waals surface area contributed by atoms with E-state index >= 15 is 0 Å². The quantitative estimate of drug-likeness (QED) is 0.850. The number of amides is 1. The molecule has 1 aromatic rings. The van der Waals surface area contributed by atoms with Crippen molar-refractivity contribution in [1.29, 1.82) is 0 Å². The van der Waals surface area contributed by atoms with Gasteiger partial charge in [-0.2, -0.15) is 0 Å². The lowest BCUT2D eigenvalue weighted by Crippen LogP contribution is -2.26. The Hall–Kier alpha value is -1.07. The van der Waals surface area contributed by atoms with E-state index in [2.05, 4.69) is 5.32 Å². The Balaban J connectivity index is 1.98. The molecule has 0 radical (unpaired) electrons. The van der Waals surface area contributed by atoms with Crippen molar-refractivity contribution in [2.24, 2.45) is 5.92 Å². The molecule has 0 heterocycles. The third kappa shape index (κ3) is 4.21. The number of halogens is 1. The van der Waals surface area contributed by atoms with Crippen molar-refractivity contribution >= 4 is 25.6 Å². The summed E-state index contributed by atoms with van der Waals surface area (Å²) in [6, 6.07) is 6.08. The molecule has 4 nitrogen and oxygen atoms in total. The van der Waals surface area contributed by atoms with E-state index in [0.717, 1.165) is 18.4 Å². The minimum absolute atomic E-state index is 0.0454. The van der Waals surface area contributed by atoms with Crippen LogP contribution in [0.3, 0.4) is 0 Å². The Morgan fingerprint density at radius 2 is 1.95 bits per heavy atom. The summed E-state index contributed by atoms with van der Waals surface area (Å²) < 4.78 is 22.2. The molecule has 1 atom stereocenters. The molecule has 1 amide bonds. The summed E-state index contributed by atoms with van der Waals surface area (Å²) in [5, 5.41) is 2.90. The van der Waals surface area contributed by atoms with E-state index in [1.54, 1.807) is 12.1 Å². The average molecular weight is 302 g/mol. The van der Waals surface area contributed by atoms with E-state index in [-0.39, 0.29) is 16.8 Å². The van der Waals surface area contributed by atoms with Gasteiger partial charge < -0.3 is 5.32 Å². The van der Waals surface area contributed by atoms with Gasteiger partial charge >= 0.3 is 0 Å². The van der Waals surface area contributed by atoms with Gasteiger partial charge in [0.1, 0.15) is 0 Å². The number of carbonyl (C=O) groups excluding carboxylic acids is 1. The van der Waals surface area contributed by atoms with Gasteiger partial charge in [-0.1, -0.05) is 12.1 Å². The molecule has 0 saturated heterocycles. The van der Waals surface area contributed by atoms with Crippen molar-refractivity contribution in [2.45, 2.75) is 37.1 Å². The third-order valence-corrected chi connectivity index (χ3v) is 4.58. The van der Waals surface area contributed by atoms with E-state index in [0.29, 0.717) is 12.3 Å². The molecule has 1 aliphatic carbocycles. The summed E-state index contributed by atoms with van der Waals surface area (Å²) in [6.07, 6.45) is 2.87. The van der Waals surface area contributed by atoms with Crippen molar-refractivity contribution in [1.82, 2.24) is 5.32 Å². The molecule has 1 fully saturated rings. The van der Waals surface area contributed by atoms with Crippen LogP contribution < -0.4 is 5.32 Å². The molecule has 1 unspecified atom stereocenters. The van der Waals surface area contributed by atoms with Crippen LogP contribution in [0.2, 0.25) is 0 Å². The predicted molar refractivity (Wildman–Crippen MR) is 73.4 cm³/mol. The highest BCUT2D eigenvalue weighted by Gasteiger charge is 2.25. The number of carbonyl (C=O) groups is 1. The summed E-state index contributed by atoms with van der Waals surface area (Å²) in [5.41, 5.74) is 0.855. The van der Waals surface area contributed by atoms with E-state index in [9.17, 15) is 13.2 Å². The lowest BCUT2D eigenvalue weighted by atomic mass is 10.1. The number of benzene rings is 1. The molecular formula is C13H16ClNO3S. The molecule has 6 heteroatoms. The summed E-state index contributed by atoms with van der Waals surface area (Å²) in [4.78, 5) is 11.7. The normalized spacial score (nSPS) is 16.9. The van der Waals surface area contributed by atoms with Gasteiger partial charge in [-0.25, -0.2) is 8.42 Å². The first kappa shape index (κ1) is 14.3. The Bertz CT molecular complexity index is 564. The zero-order chi connectivity index (χ0) is 14.0. The first-order valence-electron chi connectivity index (χ1n) is 6.20. The summed E-state index contributed by atoms with van der Waals surface area (Å²) in [7, 11) is 1.55. The van der Waals surface area contributed by atoms with Gasteiger partial charge in [0.15, 0.2) is 0 Å². The Kier molecular flexibility index (Phi) is 4.16. The summed E-state index contributed by atoms with van der Waals surface area (Å²) in [5.74, 6) is 0.597. The molecular weight excluding hydrogens is 286 g/mol. The van der Waals surface area contributed by atoms with Crippen LogP contribution in [-0.4, -0.2) is 14.3 Å². The lowest BCUT2D eigenvalue weighted by Gasteiger charge is -2.14. The second-order valence-electron chi connectivity index (χ2n) is 4.94. The molecule has 19 heavy (non-hydrogen) atoms. The molecule has 0 aromatic heterocycles. The van der Waals surface area contributed by atoms with E-state index in [4.69, 9.17) is 10.7 Å². The van der Waals surface area contributed by atoms with Crippen LogP contribution in [0.25, 0.3) is 0 Å². The largest absolute Gasteiger partial charge is 0.350 e. The van der Waals surface area contributed by atoms with Crippen molar-refractivity contribution in [3.63, 3.8) is 0 Å². The fourth-order valence-electron chi connectivity index (χ4n) is 1.89. The number of rotatable bonds is 5. The highest BCUT2D eigenvalue weighted by Crippen LogP contribution is 2.32. The molecule has 0 spiro atoms. The SMILES string of the molecule is CC(NC(=O)CC1CC1)c1ccc(S(=O)(=O)Cl)cc1. The van der Waals surface area contributed by atoms with Gasteiger partial charge in [-0.05, 0) is 43.4 Å². The van der Waals surface area contributed by atoms with Crippen molar-refractivity contribution in [3.8, 4) is 0 Å². The second-order valence-corrected chi connectivity index (χ2v) is 7.51. The molecule has 1 aromatic carbocycles. The maximum absolute atomic E-state index is 11.7. The van der Waals surface area contributed by atoms with Crippen molar-refractivity contribution < 1.29 is 13.2 Å². The minimum atomic E-state index is -3.69. The third-order valence-electron chi connectivity index (χ3n) is 3.21. The average Bonchev–Trinajstić information content (AvgIpc) is 3.11. The van der Waals surface area contributed by atoms with Crippen LogP contribution in [0.4, 0.5) is 0 Å². The Morgan fingerprint density at radius 3 is 2.42 bits per heavy atom. The zero-order valence-electron chi connectivity index (χ0n) is 10.6. The van der Waals surface area contributed by atoms with Gasteiger partial charge in [0.25, 0.3) is 9.05 Å². The highest BCUT2D eigenvalue weighted by atomic mass is 35.7. The van der Waals surface area contributed by atoms with Gasteiger partial charge in [0.05, 0.1) is 10.9 Å². The van der Waals surface area contributed by atoms with Crippen molar-refractivity contribution in [2.75, 3.05) is 0 Å². The van der Waals surface area contributed by atoms with E-state index in [1.165, 1.54) is 12.1 Å². The number of nitrogens with one attached hydrogen (secondary N) is 1. The van der Waals surface area contributed by atoms with Crippen LogP contribution in [0.15, 0.2) is 29.2 Å². The zero-order valence-corrected chi connectivity index (χ0v) is 12.2. The van der Waals surface area contributed by atoms with Crippen molar-refractivity contribution in [3.05, 3.63) is 29.8 Å². The number of hydrogen-bond acceptors (Lipinski definition) is 3. The smallest absolute Gasteiger partial charge is 0.261 e. The van der Waals surface area contributed by atoms with Gasteiger partial charge in [0, 0.05) is 17.1 Å². The molecule has 0 aliphatic heterocycles. The predicted octanol–water partition coefficient (Wildman–Crippen LogP) is 2.59. The number of hydrogen-bond donors (Lipinski definition) is 1.